The fraction of sp³-hybridized carbons (Fsp3) is 0.650. The van der Waals surface area contributed by atoms with Crippen molar-refractivity contribution in [2.45, 2.75) is 49.8 Å². The SMILES string of the molecule is O=C(NCCN1CCCCCC1)c1cccc(S(=O)(=O)N2CCCCC2)c1. The Bertz CT molecular complexity index is 722. The predicted octanol–water partition coefficient (Wildman–Crippen LogP) is 2.47. The number of sulfonamides is 1. The molecule has 0 unspecified atom stereocenters. The third kappa shape index (κ3) is 5.53. The molecule has 0 aliphatic carbocycles. The molecule has 1 aromatic rings. The molecule has 0 saturated carbocycles. The molecule has 3 rings (SSSR count). The van der Waals surface area contributed by atoms with Gasteiger partial charge in [0.25, 0.3) is 5.91 Å². The largest absolute Gasteiger partial charge is 0.351 e. The van der Waals surface area contributed by atoms with E-state index in [4.69, 9.17) is 0 Å². The number of hydrogen-bond donors (Lipinski definition) is 1. The molecule has 2 fully saturated rings. The first-order chi connectivity index (χ1) is 13.1. The zero-order valence-corrected chi connectivity index (χ0v) is 16.8. The van der Waals surface area contributed by atoms with Gasteiger partial charge in [0.2, 0.25) is 10.0 Å². The summed E-state index contributed by atoms with van der Waals surface area (Å²) in [4.78, 5) is 15.1. The quantitative estimate of drug-likeness (QED) is 0.806. The van der Waals surface area contributed by atoms with Gasteiger partial charge in [0.05, 0.1) is 4.90 Å². The second kappa shape index (κ2) is 9.66. The Morgan fingerprint density at radius 2 is 1.56 bits per heavy atom. The summed E-state index contributed by atoms with van der Waals surface area (Å²) in [5, 5.41) is 2.94. The number of carbonyl (C=O) groups is 1. The van der Waals surface area contributed by atoms with E-state index in [9.17, 15) is 13.2 Å². The van der Waals surface area contributed by atoms with Crippen molar-refractivity contribution in [3.05, 3.63) is 29.8 Å². The van der Waals surface area contributed by atoms with E-state index in [1.54, 1.807) is 18.2 Å². The van der Waals surface area contributed by atoms with Gasteiger partial charge in [-0.15, -0.1) is 0 Å². The van der Waals surface area contributed by atoms with E-state index >= 15 is 0 Å². The molecule has 2 aliphatic heterocycles. The summed E-state index contributed by atoms with van der Waals surface area (Å²) < 4.78 is 27.1. The van der Waals surface area contributed by atoms with Gasteiger partial charge >= 0.3 is 0 Å². The normalized spacial score (nSPS) is 20.1. The first kappa shape index (κ1) is 20.3. The fourth-order valence-corrected chi connectivity index (χ4v) is 5.40. The topological polar surface area (TPSA) is 69.7 Å². The Balaban J connectivity index is 1.58. The second-order valence-electron chi connectivity index (χ2n) is 7.50. The molecule has 0 atom stereocenters. The number of rotatable bonds is 6. The second-order valence-corrected chi connectivity index (χ2v) is 9.44. The molecule has 1 N–H and O–H groups in total. The number of nitrogens with one attached hydrogen (secondary N) is 1. The summed E-state index contributed by atoms with van der Waals surface area (Å²) in [6.07, 6.45) is 7.91. The van der Waals surface area contributed by atoms with Gasteiger partial charge in [0.15, 0.2) is 0 Å². The smallest absolute Gasteiger partial charge is 0.251 e. The predicted molar refractivity (Wildman–Crippen MR) is 106 cm³/mol. The van der Waals surface area contributed by atoms with Gasteiger partial charge in [0, 0.05) is 31.7 Å². The average Bonchev–Trinajstić information content (AvgIpc) is 2.97. The zero-order chi connectivity index (χ0) is 19.1. The van der Waals surface area contributed by atoms with E-state index in [2.05, 4.69) is 10.2 Å². The van der Waals surface area contributed by atoms with Crippen molar-refractivity contribution >= 4 is 15.9 Å². The van der Waals surface area contributed by atoms with E-state index in [1.807, 2.05) is 0 Å². The lowest BCUT2D eigenvalue weighted by atomic mass is 10.2. The van der Waals surface area contributed by atoms with Crippen LogP contribution in [-0.4, -0.2) is 62.8 Å². The van der Waals surface area contributed by atoms with Crippen molar-refractivity contribution in [2.24, 2.45) is 0 Å². The molecular weight excluding hydrogens is 362 g/mol. The molecule has 0 aromatic heterocycles. The van der Waals surface area contributed by atoms with Crippen LogP contribution >= 0.6 is 0 Å². The average molecular weight is 394 g/mol. The molecule has 150 valence electrons. The number of hydrogen-bond acceptors (Lipinski definition) is 4. The van der Waals surface area contributed by atoms with E-state index in [-0.39, 0.29) is 10.8 Å². The molecule has 0 radical (unpaired) electrons. The van der Waals surface area contributed by atoms with Gasteiger partial charge in [-0.3, -0.25) is 4.79 Å². The van der Waals surface area contributed by atoms with E-state index < -0.39 is 10.0 Å². The summed E-state index contributed by atoms with van der Waals surface area (Å²) in [5.41, 5.74) is 0.406. The Hall–Kier alpha value is -1.44. The number of piperidine rings is 1. The van der Waals surface area contributed by atoms with Gasteiger partial charge in [0.1, 0.15) is 0 Å². The molecule has 6 nitrogen and oxygen atoms in total. The minimum Gasteiger partial charge on any atom is -0.351 e. The number of likely N-dealkylation sites (tertiary alicyclic amines) is 1. The summed E-state index contributed by atoms with van der Waals surface area (Å²) in [5.74, 6) is -0.208. The number of benzene rings is 1. The lowest BCUT2D eigenvalue weighted by molar-refractivity contribution is 0.0948. The number of carbonyl (C=O) groups excluding carboxylic acids is 1. The van der Waals surface area contributed by atoms with Crippen LogP contribution in [0, 0.1) is 0 Å². The van der Waals surface area contributed by atoms with Crippen LogP contribution in [0.15, 0.2) is 29.2 Å². The van der Waals surface area contributed by atoms with Crippen molar-refractivity contribution in [3.8, 4) is 0 Å². The third-order valence-electron chi connectivity index (χ3n) is 5.46. The van der Waals surface area contributed by atoms with Crippen LogP contribution in [0.4, 0.5) is 0 Å². The highest BCUT2D eigenvalue weighted by atomic mass is 32.2. The Morgan fingerprint density at radius 1 is 0.926 bits per heavy atom. The molecule has 1 aromatic carbocycles. The highest BCUT2D eigenvalue weighted by molar-refractivity contribution is 7.89. The van der Waals surface area contributed by atoms with Crippen LogP contribution in [0.3, 0.4) is 0 Å². The minimum atomic E-state index is -3.51. The maximum absolute atomic E-state index is 12.8. The lowest BCUT2D eigenvalue weighted by Crippen LogP contribution is -2.36. The summed E-state index contributed by atoms with van der Waals surface area (Å²) in [7, 11) is -3.51. The van der Waals surface area contributed by atoms with Crippen LogP contribution < -0.4 is 5.32 Å². The first-order valence-corrected chi connectivity index (χ1v) is 11.6. The minimum absolute atomic E-state index is 0.208. The van der Waals surface area contributed by atoms with Gasteiger partial charge in [-0.05, 0) is 57.0 Å². The summed E-state index contributed by atoms with van der Waals surface area (Å²) in [6.45, 7) is 4.75. The molecule has 2 heterocycles. The van der Waals surface area contributed by atoms with Crippen molar-refractivity contribution in [3.63, 3.8) is 0 Å². The monoisotopic (exact) mass is 393 g/mol. The zero-order valence-electron chi connectivity index (χ0n) is 16.0. The number of nitrogens with zero attached hydrogens (tertiary/aromatic N) is 2. The van der Waals surface area contributed by atoms with Crippen LogP contribution in [0.1, 0.15) is 55.3 Å². The van der Waals surface area contributed by atoms with E-state index in [0.29, 0.717) is 25.2 Å². The number of amides is 1. The van der Waals surface area contributed by atoms with Gasteiger partial charge in [-0.25, -0.2) is 8.42 Å². The van der Waals surface area contributed by atoms with Crippen LogP contribution in [-0.2, 0) is 10.0 Å². The van der Waals surface area contributed by atoms with Gasteiger partial charge < -0.3 is 10.2 Å². The van der Waals surface area contributed by atoms with E-state index in [1.165, 1.54) is 36.1 Å². The molecule has 2 saturated heterocycles. The standard InChI is InChI=1S/C20H31N3O3S/c24-20(21-11-16-22-12-4-1-2-5-13-22)18-9-8-10-19(17-18)27(25,26)23-14-6-3-7-15-23/h8-10,17H,1-7,11-16H2,(H,21,24). The van der Waals surface area contributed by atoms with Crippen molar-refractivity contribution < 1.29 is 13.2 Å². The Labute approximate surface area is 163 Å². The third-order valence-corrected chi connectivity index (χ3v) is 7.36. The summed E-state index contributed by atoms with van der Waals surface area (Å²) >= 11 is 0. The molecular formula is C20H31N3O3S. The van der Waals surface area contributed by atoms with Crippen LogP contribution in [0.5, 0.6) is 0 Å². The van der Waals surface area contributed by atoms with Gasteiger partial charge in [-0.2, -0.15) is 4.31 Å². The van der Waals surface area contributed by atoms with E-state index in [0.717, 1.165) is 38.9 Å². The highest BCUT2D eigenvalue weighted by Gasteiger charge is 2.26. The van der Waals surface area contributed by atoms with Gasteiger partial charge in [-0.1, -0.05) is 25.3 Å². The van der Waals surface area contributed by atoms with Crippen molar-refractivity contribution in [2.75, 3.05) is 39.3 Å². The molecule has 0 spiro atoms. The van der Waals surface area contributed by atoms with Crippen LogP contribution in [0.25, 0.3) is 0 Å². The lowest BCUT2D eigenvalue weighted by Gasteiger charge is -2.26. The van der Waals surface area contributed by atoms with Crippen molar-refractivity contribution in [1.29, 1.82) is 0 Å². The first-order valence-electron chi connectivity index (χ1n) is 10.2. The molecule has 7 heteroatoms. The molecule has 27 heavy (non-hydrogen) atoms. The summed E-state index contributed by atoms with van der Waals surface area (Å²) in [6, 6.07) is 6.42. The van der Waals surface area contributed by atoms with Crippen LogP contribution in [0.2, 0.25) is 0 Å². The Kier molecular flexibility index (Phi) is 7.26. The Morgan fingerprint density at radius 3 is 2.26 bits per heavy atom. The molecule has 1 amide bonds. The highest BCUT2D eigenvalue weighted by Crippen LogP contribution is 2.21. The maximum Gasteiger partial charge on any atom is 0.251 e. The van der Waals surface area contributed by atoms with Crippen molar-refractivity contribution in [1.82, 2.24) is 14.5 Å². The molecule has 2 aliphatic rings. The fourth-order valence-electron chi connectivity index (χ4n) is 3.84. The maximum atomic E-state index is 12.8. The molecule has 0 bridgehead atoms.